The van der Waals surface area contributed by atoms with Crippen molar-refractivity contribution >= 4 is 0 Å². The zero-order chi connectivity index (χ0) is 12.8. The Hall–Kier alpha value is -1.06. The first-order valence-electron chi connectivity index (χ1n) is 6.87. The van der Waals surface area contributed by atoms with Gasteiger partial charge in [-0.15, -0.1) is 0 Å². The van der Waals surface area contributed by atoms with Gasteiger partial charge in [-0.05, 0) is 63.0 Å². The highest BCUT2D eigenvalue weighted by Gasteiger charge is 2.14. The van der Waals surface area contributed by atoms with E-state index in [1.165, 1.54) is 24.9 Å². The number of hydrogen-bond donors (Lipinski definition) is 2. The maximum atomic E-state index is 5.26. The number of nitrogens with one attached hydrogen (secondary N) is 2. The predicted octanol–water partition coefficient (Wildman–Crippen LogP) is 2.35. The summed E-state index contributed by atoms with van der Waals surface area (Å²) in [6.07, 6.45) is 2.64. The highest BCUT2D eigenvalue weighted by Crippen LogP contribution is 2.19. The van der Waals surface area contributed by atoms with Crippen molar-refractivity contribution in [2.45, 2.75) is 25.8 Å². The van der Waals surface area contributed by atoms with Crippen molar-refractivity contribution in [3.8, 4) is 5.75 Å². The van der Waals surface area contributed by atoms with Crippen LogP contribution in [0, 0.1) is 5.92 Å². The van der Waals surface area contributed by atoms with Gasteiger partial charge in [0.1, 0.15) is 5.75 Å². The summed E-state index contributed by atoms with van der Waals surface area (Å²) in [7, 11) is 1.71. The minimum atomic E-state index is 0.377. The third-order valence-electron chi connectivity index (χ3n) is 3.71. The molecule has 2 atom stereocenters. The Morgan fingerprint density at radius 2 is 2.39 bits per heavy atom. The molecule has 3 nitrogen and oxygen atoms in total. The van der Waals surface area contributed by atoms with Gasteiger partial charge < -0.3 is 15.4 Å². The molecule has 1 heterocycles. The first kappa shape index (κ1) is 13.4. The summed E-state index contributed by atoms with van der Waals surface area (Å²) < 4.78 is 5.26. The molecular formula is C15H24N2O. The summed E-state index contributed by atoms with van der Waals surface area (Å²) in [5.74, 6) is 1.70. The summed E-state index contributed by atoms with van der Waals surface area (Å²) in [6, 6.07) is 8.67. The zero-order valence-electron chi connectivity index (χ0n) is 11.4. The molecule has 100 valence electrons. The van der Waals surface area contributed by atoms with Gasteiger partial charge in [0, 0.05) is 6.04 Å². The second-order valence-electron chi connectivity index (χ2n) is 5.12. The van der Waals surface area contributed by atoms with Gasteiger partial charge in [0.15, 0.2) is 0 Å². The molecule has 1 fully saturated rings. The smallest absolute Gasteiger partial charge is 0.119 e. The Labute approximate surface area is 110 Å². The molecule has 0 aromatic heterocycles. The molecule has 0 aliphatic carbocycles. The highest BCUT2D eigenvalue weighted by molar-refractivity contribution is 5.30. The van der Waals surface area contributed by atoms with E-state index in [0.717, 1.165) is 24.8 Å². The zero-order valence-corrected chi connectivity index (χ0v) is 11.4. The van der Waals surface area contributed by atoms with Crippen LogP contribution in [0.5, 0.6) is 5.75 Å². The van der Waals surface area contributed by atoms with Crippen molar-refractivity contribution < 1.29 is 4.74 Å². The number of ether oxygens (including phenoxy) is 1. The lowest BCUT2D eigenvalue weighted by Crippen LogP contribution is -2.36. The molecule has 0 saturated carbocycles. The number of rotatable bonds is 5. The lowest BCUT2D eigenvalue weighted by molar-refractivity contribution is 0.348. The van der Waals surface area contributed by atoms with E-state index in [0.29, 0.717) is 6.04 Å². The van der Waals surface area contributed by atoms with Gasteiger partial charge in [-0.2, -0.15) is 0 Å². The third-order valence-corrected chi connectivity index (χ3v) is 3.71. The molecular weight excluding hydrogens is 224 g/mol. The molecule has 1 aliphatic heterocycles. The number of hydrogen-bond acceptors (Lipinski definition) is 3. The Balaban J connectivity index is 1.84. The monoisotopic (exact) mass is 248 g/mol. The molecule has 0 bridgehead atoms. The number of piperidine rings is 1. The summed E-state index contributed by atoms with van der Waals surface area (Å²) in [4.78, 5) is 0. The molecule has 2 N–H and O–H groups in total. The topological polar surface area (TPSA) is 33.3 Å². The van der Waals surface area contributed by atoms with Gasteiger partial charge >= 0.3 is 0 Å². The van der Waals surface area contributed by atoms with Crippen LogP contribution in [0.25, 0.3) is 0 Å². The van der Waals surface area contributed by atoms with Gasteiger partial charge in [0.2, 0.25) is 0 Å². The second-order valence-corrected chi connectivity index (χ2v) is 5.12. The van der Waals surface area contributed by atoms with Crippen LogP contribution in [0.2, 0.25) is 0 Å². The molecule has 1 aromatic carbocycles. The molecule has 2 rings (SSSR count). The normalized spacial score (nSPS) is 21.6. The van der Waals surface area contributed by atoms with E-state index in [2.05, 4.69) is 35.8 Å². The number of methoxy groups -OCH3 is 1. The fourth-order valence-corrected chi connectivity index (χ4v) is 2.47. The lowest BCUT2D eigenvalue weighted by Gasteiger charge is -2.25. The summed E-state index contributed by atoms with van der Waals surface area (Å²) in [5.41, 5.74) is 1.29. The van der Waals surface area contributed by atoms with Crippen LogP contribution in [0.4, 0.5) is 0 Å². The summed E-state index contributed by atoms with van der Waals surface area (Å²) in [6.45, 7) is 5.64. The van der Waals surface area contributed by atoms with Crippen LogP contribution >= 0.6 is 0 Å². The molecule has 1 aromatic rings. The predicted molar refractivity (Wildman–Crippen MR) is 75.0 cm³/mol. The quantitative estimate of drug-likeness (QED) is 0.839. The van der Waals surface area contributed by atoms with Gasteiger partial charge in [-0.25, -0.2) is 0 Å². The van der Waals surface area contributed by atoms with Crippen LogP contribution in [0.1, 0.15) is 31.4 Å². The SMILES string of the molecule is COc1cccc(C(C)NCC2CCCNC2)c1. The molecule has 2 unspecified atom stereocenters. The van der Waals surface area contributed by atoms with Crippen LogP contribution in [0.3, 0.4) is 0 Å². The Bertz CT molecular complexity index is 361. The molecule has 3 heteroatoms. The largest absolute Gasteiger partial charge is 0.497 e. The minimum absolute atomic E-state index is 0.377. The molecule has 0 spiro atoms. The van der Waals surface area contributed by atoms with E-state index in [4.69, 9.17) is 4.74 Å². The van der Waals surface area contributed by atoms with Crippen LogP contribution in [-0.4, -0.2) is 26.7 Å². The first-order chi connectivity index (χ1) is 8.79. The van der Waals surface area contributed by atoms with Gasteiger partial charge in [0.25, 0.3) is 0 Å². The molecule has 0 amide bonds. The van der Waals surface area contributed by atoms with Crippen molar-refractivity contribution in [3.63, 3.8) is 0 Å². The molecule has 1 saturated heterocycles. The van der Waals surface area contributed by atoms with Crippen molar-refractivity contribution in [1.82, 2.24) is 10.6 Å². The van der Waals surface area contributed by atoms with Crippen molar-refractivity contribution in [1.29, 1.82) is 0 Å². The van der Waals surface area contributed by atoms with Crippen molar-refractivity contribution in [2.75, 3.05) is 26.7 Å². The average molecular weight is 248 g/mol. The fourth-order valence-electron chi connectivity index (χ4n) is 2.47. The third kappa shape index (κ3) is 3.72. The first-order valence-corrected chi connectivity index (χ1v) is 6.87. The van der Waals surface area contributed by atoms with E-state index in [1.54, 1.807) is 7.11 Å². The highest BCUT2D eigenvalue weighted by atomic mass is 16.5. The Kier molecular flexibility index (Phi) is 5.02. The lowest BCUT2D eigenvalue weighted by atomic mass is 9.99. The van der Waals surface area contributed by atoms with Gasteiger partial charge in [-0.1, -0.05) is 12.1 Å². The van der Waals surface area contributed by atoms with E-state index in [-0.39, 0.29) is 0 Å². The fraction of sp³-hybridized carbons (Fsp3) is 0.600. The van der Waals surface area contributed by atoms with Crippen LogP contribution < -0.4 is 15.4 Å². The second kappa shape index (κ2) is 6.76. The van der Waals surface area contributed by atoms with Gasteiger partial charge in [-0.3, -0.25) is 0 Å². The summed E-state index contributed by atoms with van der Waals surface area (Å²) in [5, 5.41) is 7.08. The van der Waals surface area contributed by atoms with Crippen molar-refractivity contribution in [3.05, 3.63) is 29.8 Å². The van der Waals surface area contributed by atoms with E-state index in [1.807, 2.05) is 6.07 Å². The average Bonchev–Trinajstić information content (AvgIpc) is 2.46. The molecule has 0 radical (unpaired) electrons. The van der Waals surface area contributed by atoms with Crippen LogP contribution in [0.15, 0.2) is 24.3 Å². The Morgan fingerprint density at radius 1 is 1.50 bits per heavy atom. The maximum absolute atomic E-state index is 5.26. The van der Waals surface area contributed by atoms with E-state index >= 15 is 0 Å². The standard InChI is InChI=1S/C15H24N2O/c1-12(14-6-3-7-15(9-14)18-2)17-11-13-5-4-8-16-10-13/h3,6-7,9,12-13,16-17H,4-5,8,10-11H2,1-2H3. The van der Waals surface area contributed by atoms with E-state index < -0.39 is 0 Å². The summed E-state index contributed by atoms with van der Waals surface area (Å²) >= 11 is 0. The Morgan fingerprint density at radius 3 is 3.11 bits per heavy atom. The minimum Gasteiger partial charge on any atom is -0.497 e. The molecule has 18 heavy (non-hydrogen) atoms. The molecule has 1 aliphatic rings. The van der Waals surface area contributed by atoms with E-state index in [9.17, 15) is 0 Å². The van der Waals surface area contributed by atoms with Crippen LogP contribution in [-0.2, 0) is 0 Å². The van der Waals surface area contributed by atoms with Crippen molar-refractivity contribution in [2.24, 2.45) is 5.92 Å². The maximum Gasteiger partial charge on any atom is 0.119 e. The van der Waals surface area contributed by atoms with Gasteiger partial charge in [0.05, 0.1) is 7.11 Å². The number of benzene rings is 1.